The zero-order valence-corrected chi connectivity index (χ0v) is 14.0. The lowest BCUT2D eigenvalue weighted by Crippen LogP contribution is -2.13. The van der Waals surface area contributed by atoms with E-state index >= 15 is 0 Å². The Hall–Kier alpha value is -1.71. The number of hydrogen-bond donors (Lipinski definition) is 0. The molecule has 0 amide bonds. The molecule has 0 aliphatic rings. The molecule has 0 bridgehead atoms. The number of thioether (sulfide) groups is 1. The van der Waals surface area contributed by atoms with Gasteiger partial charge in [0.05, 0.1) is 5.52 Å². The highest BCUT2D eigenvalue weighted by atomic mass is 32.2. The summed E-state index contributed by atoms with van der Waals surface area (Å²) in [5.74, 6) is 1.15. The first kappa shape index (κ1) is 15.2. The van der Waals surface area contributed by atoms with Crippen LogP contribution in [-0.2, 0) is 0 Å². The zero-order chi connectivity index (χ0) is 15.4. The van der Waals surface area contributed by atoms with Crippen LogP contribution in [-0.4, -0.2) is 35.9 Å². The van der Waals surface area contributed by atoms with Gasteiger partial charge in [-0.25, -0.2) is 0 Å². The lowest BCUT2D eigenvalue weighted by Gasteiger charge is -2.08. The van der Waals surface area contributed by atoms with E-state index in [1.165, 1.54) is 27.9 Å². The van der Waals surface area contributed by atoms with Gasteiger partial charge in [-0.2, -0.15) is 0 Å². The van der Waals surface area contributed by atoms with Gasteiger partial charge >= 0.3 is 0 Å². The van der Waals surface area contributed by atoms with E-state index in [2.05, 4.69) is 84.4 Å². The molecular weight excluding hydrogens is 288 g/mol. The van der Waals surface area contributed by atoms with Crippen LogP contribution in [0.3, 0.4) is 0 Å². The molecule has 114 valence electrons. The SMILES string of the molecule is CN(C)CCCSc1cn(-c2ccccc2)c2ccccc12. The van der Waals surface area contributed by atoms with Crippen LogP contribution in [0.4, 0.5) is 0 Å². The van der Waals surface area contributed by atoms with Crippen LogP contribution >= 0.6 is 11.8 Å². The van der Waals surface area contributed by atoms with E-state index in [0.717, 1.165) is 12.3 Å². The van der Waals surface area contributed by atoms with Crippen LogP contribution in [0.5, 0.6) is 0 Å². The van der Waals surface area contributed by atoms with Crippen molar-refractivity contribution in [2.45, 2.75) is 11.3 Å². The maximum absolute atomic E-state index is 2.30. The Kier molecular flexibility index (Phi) is 4.86. The first-order chi connectivity index (χ1) is 10.8. The second kappa shape index (κ2) is 7.03. The monoisotopic (exact) mass is 310 g/mol. The van der Waals surface area contributed by atoms with Crippen LogP contribution in [0, 0.1) is 0 Å². The van der Waals surface area contributed by atoms with Crippen molar-refractivity contribution in [1.82, 2.24) is 9.47 Å². The summed E-state index contributed by atoms with van der Waals surface area (Å²) >= 11 is 1.96. The summed E-state index contributed by atoms with van der Waals surface area (Å²) < 4.78 is 2.30. The van der Waals surface area contributed by atoms with Gasteiger partial charge in [-0.05, 0) is 51.0 Å². The highest BCUT2D eigenvalue weighted by molar-refractivity contribution is 7.99. The number of rotatable bonds is 6. The van der Waals surface area contributed by atoms with Gasteiger partial charge in [0.1, 0.15) is 0 Å². The molecule has 3 aromatic rings. The standard InChI is InChI=1S/C19H22N2S/c1-20(2)13-8-14-22-19-15-21(16-9-4-3-5-10-16)18-12-7-6-11-17(18)19/h3-7,9-12,15H,8,13-14H2,1-2H3. The number of benzene rings is 2. The van der Waals surface area contributed by atoms with E-state index < -0.39 is 0 Å². The van der Waals surface area contributed by atoms with Crippen molar-refractivity contribution >= 4 is 22.7 Å². The molecule has 3 heteroatoms. The van der Waals surface area contributed by atoms with E-state index in [0.29, 0.717) is 0 Å². The van der Waals surface area contributed by atoms with Crippen molar-refractivity contribution in [3.05, 3.63) is 60.8 Å². The summed E-state index contributed by atoms with van der Waals surface area (Å²) in [6.45, 7) is 1.14. The molecule has 0 saturated carbocycles. The Morgan fingerprint density at radius 1 is 0.955 bits per heavy atom. The van der Waals surface area contributed by atoms with Crippen molar-refractivity contribution in [2.75, 3.05) is 26.4 Å². The maximum Gasteiger partial charge on any atom is 0.0540 e. The molecule has 0 atom stereocenters. The summed E-state index contributed by atoms with van der Waals surface area (Å²) in [6, 6.07) is 19.2. The van der Waals surface area contributed by atoms with E-state index in [1.54, 1.807) is 0 Å². The normalized spacial score (nSPS) is 11.4. The molecule has 2 nitrogen and oxygen atoms in total. The quantitative estimate of drug-likeness (QED) is 0.483. The van der Waals surface area contributed by atoms with Gasteiger partial charge < -0.3 is 9.47 Å². The summed E-state index contributed by atoms with van der Waals surface area (Å²) in [6.07, 6.45) is 3.49. The largest absolute Gasteiger partial charge is 0.315 e. The second-order valence-corrected chi connectivity index (χ2v) is 6.86. The Labute approximate surface area is 136 Å². The third-order valence-corrected chi connectivity index (χ3v) is 4.85. The van der Waals surface area contributed by atoms with E-state index in [1.807, 2.05) is 11.8 Å². The Morgan fingerprint density at radius 3 is 2.45 bits per heavy atom. The minimum atomic E-state index is 1.14. The topological polar surface area (TPSA) is 8.17 Å². The van der Waals surface area contributed by atoms with Crippen LogP contribution in [0.1, 0.15) is 6.42 Å². The first-order valence-corrected chi connectivity index (χ1v) is 8.67. The molecule has 0 N–H and O–H groups in total. The van der Waals surface area contributed by atoms with Crippen molar-refractivity contribution in [1.29, 1.82) is 0 Å². The smallest absolute Gasteiger partial charge is 0.0540 e. The third-order valence-electron chi connectivity index (χ3n) is 3.72. The Morgan fingerprint density at radius 2 is 1.68 bits per heavy atom. The lowest BCUT2D eigenvalue weighted by atomic mass is 10.2. The summed E-state index contributed by atoms with van der Waals surface area (Å²) in [4.78, 5) is 3.62. The fourth-order valence-corrected chi connectivity index (χ4v) is 3.63. The van der Waals surface area contributed by atoms with Gasteiger partial charge in [-0.1, -0.05) is 36.4 Å². The highest BCUT2D eigenvalue weighted by Crippen LogP contribution is 2.32. The second-order valence-electron chi connectivity index (χ2n) is 5.72. The van der Waals surface area contributed by atoms with Crippen LogP contribution < -0.4 is 0 Å². The Bertz CT molecular complexity index is 732. The van der Waals surface area contributed by atoms with Crippen molar-refractivity contribution in [3.8, 4) is 5.69 Å². The van der Waals surface area contributed by atoms with Crippen LogP contribution in [0.25, 0.3) is 16.6 Å². The summed E-state index contributed by atoms with van der Waals surface area (Å²) in [7, 11) is 4.26. The number of para-hydroxylation sites is 2. The fourth-order valence-electron chi connectivity index (χ4n) is 2.63. The molecule has 0 saturated heterocycles. The molecule has 0 spiro atoms. The number of fused-ring (bicyclic) bond motifs is 1. The van der Waals surface area contributed by atoms with Gasteiger partial charge in [-0.15, -0.1) is 11.8 Å². The van der Waals surface area contributed by atoms with Gasteiger partial charge in [0.2, 0.25) is 0 Å². The average Bonchev–Trinajstić information content (AvgIpc) is 2.91. The fraction of sp³-hybridized carbons (Fsp3) is 0.263. The van der Waals surface area contributed by atoms with Gasteiger partial charge in [-0.3, -0.25) is 0 Å². The van der Waals surface area contributed by atoms with Gasteiger partial charge in [0.15, 0.2) is 0 Å². The Balaban J connectivity index is 1.88. The molecule has 0 aliphatic heterocycles. The zero-order valence-electron chi connectivity index (χ0n) is 13.2. The van der Waals surface area contributed by atoms with E-state index in [9.17, 15) is 0 Å². The van der Waals surface area contributed by atoms with Gasteiger partial charge in [0.25, 0.3) is 0 Å². The number of hydrogen-bond acceptors (Lipinski definition) is 2. The van der Waals surface area contributed by atoms with Gasteiger partial charge in [0, 0.05) is 22.2 Å². The van der Waals surface area contributed by atoms with Crippen LogP contribution in [0.15, 0.2) is 65.7 Å². The molecule has 0 fully saturated rings. The molecule has 22 heavy (non-hydrogen) atoms. The number of aromatic nitrogens is 1. The minimum absolute atomic E-state index is 1.14. The molecular formula is C19H22N2S. The van der Waals surface area contributed by atoms with E-state index in [-0.39, 0.29) is 0 Å². The first-order valence-electron chi connectivity index (χ1n) is 7.69. The van der Waals surface area contributed by atoms with Crippen molar-refractivity contribution < 1.29 is 0 Å². The minimum Gasteiger partial charge on any atom is -0.315 e. The maximum atomic E-state index is 2.30. The number of nitrogens with zero attached hydrogens (tertiary/aromatic N) is 2. The predicted octanol–water partition coefficient (Wildman–Crippen LogP) is 4.67. The molecule has 1 heterocycles. The molecule has 0 unspecified atom stereocenters. The summed E-state index contributed by atoms with van der Waals surface area (Å²) in [5, 5.41) is 1.35. The van der Waals surface area contributed by atoms with Crippen LogP contribution in [0.2, 0.25) is 0 Å². The van der Waals surface area contributed by atoms with Crippen molar-refractivity contribution in [2.24, 2.45) is 0 Å². The molecule has 0 radical (unpaired) electrons. The van der Waals surface area contributed by atoms with E-state index in [4.69, 9.17) is 0 Å². The molecule has 0 aliphatic carbocycles. The lowest BCUT2D eigenvalue weighted by molar-refractivity contribution is 0.410. The third kappa shape index (κ3) is 3.37. The predicted molar refractivity (Wildman–Crippen MR) is 97.2 cm³/mol. The molecule has 2 aromatic carbocycles. The van der Waals surface area contributed by atoms with Crippen molar-refractivity contribution in [3.63, 3.8) is 0 Å². The highest BCUT2D eigenvalue weighted by Gasteiger charge is 2.09. The summed E-state index contributed by atoms with van der Waals surface area (Å²) in [5.41, 5.74) is 2.50. The molecule has 3 rings (SSSR count). The average molecular weight is 310 g/mol. The molecule has 1 aromatic heterocycles.